The zero-order valence-electron chi connectivity index (χ0n) is 10.4. The number of halogens is 3. The highest BCUT2D eigenvalue weighted by molar-refractivity contribution is 6.01. The number of amides is 2. The number of anilines is 1. The molecule has 1 aromatic rings. The van der Waals surface area contributed by atoms with E-state index in [2.05, 4.69) is 10.7 Å². The van der Waals surface area contributed by atoms with E-state index < -0.39 is 29.6 Å². The van der Waals surface area contributed by atoms with Crippen molar-refractivity contribution >= 4 is 17.5 Å². The van der Waals surface area contributed by atoms with Crippen LogP contribution in [0.5, 0.6) is 0 Å². The number of hydrazine groups is 1. The molecule has 0 radical (unpaired) electrons. The lowest BCUT2D eigenvalue weighted by Gasteiger charge is -2.15. The molecule has 0 bridgehead atoms. The molecule has 0 aliphatic heterocycles. The number of rotatable bonds is 4. The lowest BCUT2D eigenvalue weighted by Crippen LogP contribution is -2.42. The molecule has 6 N–H and O–H groups in total. The Bertz CT molecular complexity index is 531. The summed E-state index contributed by atoms with van der Waals surface area (Å²) in [6.45, 7) is 1.31. The molecular formula is C11H13F3N4O2. The number of hydrogen-bond acceptors (Lipinski definition) is 4. The van der Waals surface area contributed by atoms with E-state index in [1.54, 1.807) is 0 Å². The molecule has 0 aliphatic rings. The quantitative estimate of drug-likeness (QED) is 0.480. The smallest absolute Gasteiger partial charge is 0.368 e. The summed E-state index contributed by atoms with van der Waals surface area (Å²) < 4.78 is 37.8. The number of carbonyl (C=O) groups is 2. The van der Waals surface area contributed by atoms with E-state index in [-0.39, 0.29) is 11.3 Å². The zero-order valence-corrected chi connectivity index (χ0v) is 10.4. The summed E-state index contributed by atoms with van der Waals surface area (Å²) in [5.41, 5.74) is 5.72. The summed E-state index contributed by atoms with van der Waals surface area (Å²) >= 11 is 0. The highest BCUT2D eigenvalue weighted by atomic mass is 19.4. The van der Waals surface area contributed by atoms with Gasteiger partial charge in [0.15, 0.2) is 0 Å². The van der Waals surface area contributed by atoms with Crippen LogP contribution >= 0.6 is 0 Å². The molecule has 0 fully saturated rings. The molecule has 110 valence electrons. The van der Waals surface area contributed by atoms with Crippen LogP contribution in [-0.4, -0.2) is 17.9 Å². The molecule has 1 atom stereocenters. The highest BCUT2D eigenvalue weighted by Gasteiger charge is 2.32. The predicted molar refractivity (Wildman–Crippen MR) is 65.4 cm³/mol. The van der Waals surface area contributed by atoms with Gasteiger partial charge in [0.1, 0.15) is 6.04 Å². The lowest BCUT2D eigenvalue weighted by atomic mass is 10.1. The Kier molecular flexibility index (Phi) is 4.56. The number of alkyl halides is 3. The Morgan fingerprint density at radius 1 is 1.30 bits per heavy atom. The van der Waals surface area contributed by atoms with Crippen molar-refractivity contribution in [1.82, 2.24) is 5.32 Å². The Morgan fingerprint density at radius 3 is 2.35 bits per heavy atom. The normalized spacial score (nSPS) is 12.7. The first-order valence-corrected chi connectivity index (χ1v) is 5.45. The van der Waals surface area contributed by atoms with Gasteiger partial charge in [-0.1, -0.05) is 0 Å². The third-order valence-corrected chi connectivity index (χ3v) is 2.52. The Labute approximate surface area is 112 Å². The minimum absolute atomic E-state index is 0.00725. The molecule has 1 rings (SSSR count). The maximum Gasteiger partial charge on any atom is 0.416 e. The number of nitrogens with one attached hydrogen (secondary N) is 2. The highest BCUT2D eigenvalue weighted by Crippen LogP contribution is 2.31. The minimum Gasteiger partial charge on any atom is -0.368 e. The predicted octanol–water partition coefficient (Wildman–Crippen LogP) is 0.595. The molecule has 9 heteroatoms. The van der Waals surface area contributed by atoms with Gasteiger partial charge >= 0.3 is 6.18 Å². The number of nitrogens with two attached hydrogens (primary N) is 2. The Balaban J connectivity index is 3.14. The second-order valence-corrected chi connectivity index (χ2v) is 4.00. The summed E-state index contributed by atoms with van der Waals surface area (Å²) in [7, 11) is 0. The van der Waals surface area contributed by atoms with Crippen LogP contribution in [0.1, 0.15) is 22.8 Å². The van der Waals surface area contributed by atoms with Gasteiger partial charge in [0.25, 0.3) is 5.91 Å². The van der Waals surface area contributed by atoms with E-state index in [1.807, 2.05) is 0 Å². The lowest BCUT2D eigenvalue weighted by molar-refractivity contribution is -0.137. The van der Waals surface area contributed by atoms with Crippen LogP contribution in [0.15, 0.2) is 18.2 Å². The van der Waals surface area contributed by atoms with Gasteiger partial charge in [-0.15, -0.1) is 0 Å². The van der Waals surface area contributed by atoms with Gasteiger partial charge < -0.3 is 16.5 Å². The second-order valence-electron chi connectivity index (χ2n) is 4.00. The van der Waals surface area contributed by atoms with Crippen molar-refractivity contribution in [3.05, 3.63) is 29.3 Å². The number of carbonyl (C=O) groups excluding carboxylic acids is 2. The van der Waals surface area contributed by atoms with Gasteiger partial charge in [-0.05, 0) is 25.1 Å². The van der Waals surface area contributed by atoms with E-state index in [9.17, 15) is 22.8 Å². The van der Waals surface area contributed by atoms with Gasteiger partial charge in [0.05, 0.1) is 16.8 Å². The summed E-state index contributed by atoms with van der Waals surface area (Å²) in [5.74, 6) is 3.43. The van der Waals surface area contributed by atoms with Crippen LogP contribution in [0.25, 0.3) is 0 Å². The zero-order chi connectivity index (χ0) is 15.5. The van der Waals surface area contributed by atoms with Crippen LogP contribution in [0.4, 0.5) is 18.9 Å². The van der Waals surface area contributed by atoms with Gasteiger partial charge in [0.2, 0.25) is 5.91 Å². The Hall–Kier alpha value is -2.29. The fraction of sp³-hybridized carbons (Fsp3) is 0.273. The molecule has 2 amide bonds. The number of primary amides is 1. The molecule has 6 nitrogen and oxygen atoms in total. The fourth-order valence-electron chi connectivity index (χ4n) is 1.38. The number of benzene rings is 1. The average molecular weight is 290 g/mol. The van der Waals surface area contributed by atoms with Gasteiger partial charge in [0, 0.05) is 0 Å². The van der Waals surface area contributed by atoms with Crippen molar-refractivity contribution in [2.75, 3.05) is 5.43 Å². The molecule has 1 aromatic carbocycles. The van der Waals surface area contributed by atoms with E-state index in [1.165, 1.54) is 6.92 Å². The van der Waals surface area contributed by atoms with Crippen molar-refractivity contribution in [2.45, 2.75) is 19.1 Å². The number of nitrogen functional groups attached to an aromatic ring is 1. The first-order chi connectivity index (χ1) is 9.16. The Morgan fingerprint density at radius 2 is 1.90 bits per heavy atom. The van der Waals surface area contributed by atoms with Gasteiger partial charge in [-0.2, -0.15) is 13.2 Å². The summed E-state index contributed by atoms with van der Waals surface area (Å²) in [6, 6.07) is 1.41. The monoisotopic (exact) mass is 290 g/mol. The average Bonchev–Trinajstić information content (AvgIpc) is 2.36. The molecule has 1 unspecified atom stereocenters. The van der Waals surface area contributed by atoms with Crippen LogP contribution < -0.4 is 22.3 Å². The molecule has 0 saturated carbocycles. The maximum atomic E-state index is 12.6. The molecule has 0 saturated heterocycles. The van der Waals surface area contributed by atoms with Crippen molar-refractivity contribution in [3.8, 4) is 0 Å². The maximum absolute atomic E-state index is 12.6. The van der Waals surface area contributed by atoms with Gasteiger partial charge in [-0.25, -0.2) is 0 Å². The van der Waals surface area contributed by atoms with Crippen LogP contribution in [0.3, 0.4) is 0 Å². The molecular weight excluding hydrogens is 277 g/mol. The minimum atomic E-state index is -4.60. The largest absolute Gasteiger partial charge is 0.416 e. The van der Waals surface area contributed by atoms with Crippen LogP contribution in [-0.2, 0) is 11.0 Å². The van der Waals surface area contributed by atoms with E-state index in [4.69, 9.17) is 11.6 Å². The first-order valence-electron chi connectivity index (χ1n) is 5.45. The summed E-state index contributed by atoms with van der Waals surface area (Å²) in [6.07, 6.45) is -4.60. The molecule has 0 aliphatic carbocycles. The van der Waals surface area contributed by atoms with Gasteiger partial charge in [-0.3, -0.25) is 15.4 Å². The standard InChI is InChI=1S/C11H13F3N4O2/c1-5(9(15)19)17-10(20)7-4-6(11(12,13)14)2-3-8(7)18-16/h2-5,18H,16H2,1H3,(H2,15,19)(H,17,20). The third-order valence-electron chi connectivity index (χ3n) is 2.52. The van der Waals surface area contributed by atoms with E-state index in [0.29, 0.717) is 6.07 Å². The topological polar surface area (TPSA) is 110 Å². The summed E-state index contributed by atoms with van der Waals surface area (Å²) in [4.78, 5) is 22.7. The molecule has 0 spiro atoms. The summed E-state index contributed by atoms with van der Waals surface area (Å²) in [5, 5.41) is 2.17. The van der Waals surface area contributed by atoms with Crippen LogP contribution in [0.2, 0.25) is 0 Å². The first kappa shape index (κ1) is 15.8. The van der Waals surface area contributed by atoms with E-state index >= 15 is 0 Å². The van der Waals surface area contributed by atoms with Crippen molar-refractivity contribution in [2.24, 2.45) is 11.6 Å². The fourth-order valence-corrected chi connectivity index (χ4v) is 1.38. The molecule has 20 heavy (non-hydrogen) atoms. The third kappa shape index (κ3) is 3.60. The molecule has 0 heterocycles. The molecule has 0 aromatic heterocycles. The second kappa shape index (κ2) is 5.78. The van der Waals surface area contributed by atoms with Crippen molar-refractivity contribution < 1.29 is 22.8 Å². The van der Waals surface area contributed by atoms with E-state index in [0.717, 1.165) is 12.1 Å². The van der Waals surface area contributed by atoms with Crippen molar-refractivity contribution in [3.63, 3.8) is 0 Å². The SMILES string of the molecule is CC(NC(=O)c1cc(C(F)(F)F)ccc1NN)C(N)=O. The van der Waals surface area contributed by atoms with Crippen molar-refractivity contribution in [1.29, 1.82) is 0 Å². The number of hydrogen-bond donors (Lipinski definition) is 4. The van der Waals surface area contributed by atoms with Crippen LogP contribution in [0, 0.1) is 0 Å².